The topological polar surface area (TPSA) is 42.6 Å². The van der Waals surface area contributed by atoms with Gasteiger partial charge in [-0.3, -0.25) is 0 Å². The summed E-state index contributed by atoms with van der Waals surface area (Å²) in [5.41, 5.74) is 3.03. The molecule has 19 heavy (non-hydrogen) atoms. The Balaban J connectivity index is 2.18. The SMILES string of the molecule is COc1ccc(CC(O)c2c(C)oc(C)c2C)cc1. The first-order valence-corrected chi connectivity index (χ1v) is 6.40. The van der Waals surface area contributed by atoms with Crippen molar-refractivity contribution >= 4 is 0 Å². The predicted octanol–water partition coefficient (Wildman–Crippen LogP) is 3.49. The molecule has 2 rings (SSSR count). The van der Waals surface area contributed by atoms with Crippen molar-refractivity contribution in [1.82, 2.24) is 0 Å². The van der Waals surface area contributed by atoms with Crippen molar-refractivity contribution in [3.8, 4) is 5.75 Å². The van der Waals surface area contributed by atoms with Crippen LogP contribution in [0.1, 0.15) is 34.3 Å². The van der Waals surface area contributed by atoms with E-state index in [9.17, 15) is 5.11 Å². The maximum Gasteiger partial charge on any atom is 0.118 e. The van der Waals surface area contributed by atoms with Crippen LogP contribution in [-0.2, 0) is 6.42 Å². The van der Waals surface area contributed by atoms with Crippen molar-refractivity contribution in [2.75, 3.05) is 7.11 Å². The number of methoxy groups -OCH3 is 1. The Morgan fingerprint density at radius 2 is 1.74 bits per heavy atom. The van der Waals surface area contributed by atoms with Gasteiger partial charge in [0, 0.05) is 12.0 Å². The minimum absolute atomic E-state index is 0.536. The van der Waals surface area contributed by atoms with Crippen LogP contribution in [0, 0.1) is 20.8 Å². The lowest BCUT2D eigenvalue weighted by molar-refractivity contribution is 0.176. The summed E-state index contributed by atoms with van der Waals surface area (Å²) >= 11 is 0. The summed E-state index contributed by atoms with van der Waals surface area (Å²) in [6.45, 7) is 5.80. The van der Waals surface area contributed by atoms with Gasteiger partial charge in [0.15, 0.2) is 0 Å². The van der Waals surface area contributed by atoms with Crippen LogP contribution < -0.4 is 4.74 Å². The molecule has 0 aliphatic rings. The van der Waals surface area contributed by atoms with E-state index >= 15 is 0 Å². The third-order valence-electron chi connectivity index (χ3n) is 3.54. The van der Waals surface area contributed by atoms with Gasteiger partial charge in [0.2, 0.25) is 0 Å². The molecule has 2 aromatic rings. The number of hydrogen-bond acceptors (Lipinski definition) is 3. The molecule has 1 aromatic carbocycles. The number of furan rings is 1. The van der Waals surface area contributed by atoms with Crippen LogP contribution in [0.5, 0.6) is 5.75 Å². The van der Waals surface area contributed by atoms with Gasteiger partial charge in [-0.25, -0.2) is 0 Å². The Morgan fingerprint density at radius 3 is 2.21 bits per heavy atom. The van der Waals surface area contributed by atoms with Gasteiger partial charge in [-0.15, -0.1) is 0 Å². The first-order valence-electron chi connectivity index (χ1n) is 6.40. The molecule has 3 heteroatoms. The molecule has 0 fully saturated rings. The van der Waals surface area contributed by atoms with Gasteiger partial charge in [-0.1, -0.05) is 12.1 Å². The largest absolute Gasteiger partial charge is 0.497 e. The molecule has 0 saturated carbocycles. The zero-order chi connectivity index (χ0) is 14.0. The lowest BCUT2D eigenvalue weighted by atomic mass is 9.98. The van der Waals surface area contributed by atoms with Crippen molar-refractivity contribution in [2.45, 2.75) is 33.3 Å². The lowest BCUT2D eigenvalue weighted by Crippen LogP contribution is -2.04. The van der Waals surface area contributed by atoms with Crippen molar-refractivity contribution in [2.24, 2.45) is 0 Å². The van der Waals surface area contributed by atoms with Gasteiger partial charge in [-0.05, 0) is 44.0 Å². The van der Waals surface area contributed by atoms with Crippen molar-refractivity contribution < 1.29 is 14.3 Å². The molecule has 0 spiro atoms. The average Bonchev–Trinajstić information content (AvgIpc) is 2.64. The molecule has 0 amide bonds. The second-order valence-corrected chi connectivity index (χ2v) is 4.82. The number of rotatable bonds is 4. The average molecular weight is 260 g/mol. The summed E-state index contributed by atoms with van der Waals surface area (Å²) in [5, 5.41) is 10.4. The second kappa shape index (κ2) is 5.49. The van der Waals surface area contributed by atoms with E-state index < -0.39 is 6.10 Å². The molecule has 1 atom stereocenters. The van der Waals surface area contributed by atoms with Gasteiger partial charge < -0.3 is 14.3 Å². The van der Waals surface area contributed by atoms with Crippen molar-refractivity contribution in [3.05, 3.63) is 52.5 Å². The molecule has 1 aromatic heterocycles. The minimum atomic E-state index is -0.536. The highest BCUT2D eigenvalue weighted by atomic mass is 16.5. The third kappa shape index (κ3) is 2.82. The Morgan fingerprint density at radius 1 is 1.11 bits per heavy atom. The van der Waals surface area contributed by atoms with Crippen LogP contribution in [0.4, 0.5) is 0 Å². The summed E-state index contributed by atoms with van der Waals surface area (Å²) in [6, 6.07) is 7.75. The second-order valence-electron chi connectivity index (χ2n) is 4.82. The number of ether oxygens (including phenoxy) is 1. The maximum atomic E-state index is 10.4. The predicted molar refractivity (Wildman–Crippen MR) is 74.6 cm³/mol. The number of benzene rings is 1. The summed E-state index contributed by atoms with van der Waals surface area (Å²) < 4.78 is 10.7. The molecule has 1 heterocycles. The molecule has 0 aliphatic carbocycles. The van der Waals surface area contributed by atoms with Crippen molar-refractivity contribution in [3.63, 3.8) is 0 Å². The van der Waals surface area contributed by atoms with E-state index in [0.717, 1.165) is 34.0 Å². The highest BCUT2D eigenvalue weighted by Gasteiger charge is 2.19. The zero-order valence-electron chi connectivity index (χ0n) is 11.9. The molecule has 102 valence electrons. The van der Waals surface area contributed by atoms with E-state index in [-0.39, 0.29) is 0 Å². The van der Waals surface area contributed by atoms with Gasteiger partial charge in [0.05, 0.1) is 13.2 Å². The normalized spacial score (nSPS) is 12.5. The first kappa shape index (κ1) is 13.7. The Hall–Kier alpha value is -1.74. The van der Waals surface area contributed by atoms with Crippen LogP contribution in [0.15, 0.2) is 28.7 Å². The standard InChI is InChI=1S/C16H20O3/c1-10-11(2)19-12(3)16(10)15(17)9-13-5-7-14(18-4)8-6-13/h5-8,15,17H,9H2,1-4H3. The number of aliphatic hydroxyl groups is 1. The molecule has 1 N–H and O–H groups in total. The number of hydrogen-bond donors (Lipinski definition) is 1. The Bertz CT molecular complexity index is 552. The van der Waals surface area contributed by atoms with E-state index in [4.69, 9.17) is 9.15 Å². The van der Waals surface area contributed by atoms with E-state index in [0.29, 0.717) is 6.42 Å². The summed E-state index contributed by atoms with van der Waals surface area (Å²) in [5.74, 6) is 2.50. The fourth-order valence-electron chi connectivity index (χ4n) is 2.39. The summed E-state index contributed by atoms with van der Waals surface area (Å²) in [6.07, 6.45) is 0.0378. The zero-order valence-corrected chi connectivity index (χ0v) is 11.9. The van der Waals surface area contributed by atoms with Gasteiger partial charge in [0.25, 0.3) is 0 Å². The molecule has 3 nitrogen and oxygen atoms in total. The smallest absolute Gasteiger partial charge is 0.118 e. The van der Waals surface area contributed by atoms with Crippen LogP contribution in [0.3, 0.4) is 0 Å². The highest BCUT2D eigenvalue weighted by molar-refractivity contribution is 5.35. The van der Waals surface area contributed by atoms with E-state index in [1.807, 2.05) is 45.0 Å². The maximum absolute atomic E-state index is 10.4. The highest BCUT2D eigenvalue weighted by Crippen LogP contribution is 2.29. The number of aryl methyl sites for hydroxylation is 2. The van der Waals surface area contributed by atoms with Gasteiger partial charge >= 0.3 is 0 Å². The van der Waals surface area contributed by atoms with Crippen molar-refractivity contribution in [1.29, 1.82) is 0 Å². The molecular weight excluding hydrogens is 240 g/mol. The molecule has 0 bridgehead atoms. The Labute approximate surface area is 113 Å². The van der Waals surface area contributed by atoms with E-state index in [2.05, 4.69) is 0 Å². The molecule has 0 aliphatic heterocycles. The quantitative estimate of drug-likeness (QED) is 0.915. The first-order chi connectivity index (χ1) is 9.02. The van der Waals surface area contributed by atoms with Crippen LogP contribution >= 0.6 is 0 Å². The van der Waals surface area contributed by atoms with Gasteiger partial charge in [-0.2, -0.15) is 0 Å². The van der Waals surface area contributed by atoms with E-state index in [1.54, 1.807) is 7.11 Å². The van der Waals surface area contributed by atoms with Gasteiger partial charge in [0.1, 0.15) is 17.3 Å². The summed E-state index contributed by atoms with van der Waals surface area (Å²) in [4.78, 5) is 0. The minimum Gasteiger partial charge on any atom is -0.497 e. The number of aliphatic hydroxyl groups excluding tert-OH is 1. The van der Waals surface area contributed by atoms with Crippen LogP contribution in [-0.4, -0.2) is 12.2 Å². The Kier molecular flexibility index (Phi) is 3.96. The molecular formula is C16H20O3. The summed E-state index contributed by atoms with van der Waals surface area (Å²) in [7, 11) is 1.64. The fraction of sp³-hybridized carbons (Fsp3) is 0.375. The van der Waals surface area contributed by atoms with Crippen LogP contribution in [0.2, 0.25) is 0 Å². The lowest BCUT2D eigenvalue weighted by Gasteiger charge is -2.11. The third-order valence-corrected chi connectivity index (χ3v) is 3.54. The fourth-order valence-corrected chi connectivity index (χ4v) is 2.39. The molecule has 0 radical (unpaired) electrons. The monoisotopic (exact) mass is 260 g/mol. The van der Waals surface area contributed by atoms with E-state index in [1.165, 1.54) is 0 Å². The van der Waals surface area contributed by atoms with Crippen LogP contribution in [0.25, 0.3) is 0 Å². The molecule has 1 unspecified atom stereocenters. The molecule has 0 saturated heterocycles.